The number of hydrogen-bond donors (Lipinski definition) is 2. The molecule has 1 heterocycles. The van der Waals surface area contributed by atoms with E-state index in [9.17, 15) is 9.59 Å². The number of rotatable bonds is 5. The fourth-order valence-corrected chi connectivity index (χ4v) is 2.01. The van der Waals surface area contributed by atoms with E-state index in [-0.39, 0.29) is 17.9 Å². The lowest BCUT2D eigenvalue weighted by atomic mass is 10.0. The van der Waals surface area contributed by atoms with Gasteiger partial charge in [-0.25, -0.2) is 4.79 Å². The van der Waals surface area contributed by atoms with Crippen LogP contribution in [-0.2, 0) is 14.3 Å². The highest BCUT2D eigenvalue weighted by Crippen LogP contribution is 2.15. The van der Waals surface area contributed by atoms with Crippen LogP contribution in [-0.4, -0.2) is 35.7 Å². The van der Waals surface area contributed by atoms with Crippen molar-refractivity contribution in [3.8, 4) is 0 Å². The van der Waals surface area contributed by atoms with Crippen LogP contribution in [0.1, 0.15) is 39.5 Å². The number of aliphatic carboxylic acids is 1. The van der Waals surface area contributed by atoms with Gasteiger partial charge in [0.25, 0.3) is 0 Å². The topological polar surface area (TPSA) is 75.6 Å². The number of hydrogen-bond acceptors (Lipinski definition) is 3. The molecule has 2 N–H and O–H groups in total. The first-order valence-electron chi connectivity index (χ1n) is 6.19. The Morgan fingerprint density at radius 1 is 1.53 bits per heavy atom. The SMILES string of the molecule is CCCC(C)C(=O)NC1CCOC(C(=O)O)C1. The van der Waals surface area contributed by atoms with Crippen LogP contribution in [0, 0.1) is 5.92 Å². The Morgan fingerprint density at radius 3 is 2.82 bits per heavy atom. The van der Waals surface area contributed by atoms with Crippen LogP contribution >= 0.6 is 0 Å². The van der Waals surface area contributed by atoms with Gasteiger partial charge in [0.05, 0.1) is 0 Å². The van der Waals surface area contributed by atoms with Crippen molar-refractivity contribution in [2.75, 3.05) is 6.61 Å². The second-order valence-electron chi connectivity index (χ2n) is 4.62. The van der Waals surface area contributed by atoms with Crippen molar-refractivity contribution in [1.82, 2.24) is 5.32 Å². The lowest BCUT2D eigenvalue weighted by Crippen LogP contribution is -2.45. The van der Waals surface area contributed by atoms with E-state index in [0.717, 1.165) is 12.8 Å². The summed E-state index contributed by atoms with van der Waals surface area (Å²) in [4.78, 5) is 22.6. The molecule has 0 aromatic rings. The molecule has 0 aromatic heterocycles. The average molecular weight is 243 g/mol. The summed E-state index contributed by atoms with van der Waals surface area (Å²) in [5.74, 6) is -0.945. The molecule has 0 aliphatic carbocycles. The third-order valence-electron chi connectivity index (χ3n) is 3.08. The van der Waals surface area contributed by atoms with E-state index in [1.54, 1.807) is 0 Å². The molecule has 1 rings (SSSR count). The van der Waals surface area contributed by atoms with Gasteiger partial charge < -0.3 is 15.2 Å². The molecular weight excluding hydrogens is 222 g/mol. The van der Waals surface area contributed by atoms with Gasteiger partial charge in [-0.2, -0.15) is 0 Å². The predicted molar refractivity (Wildman–Crippen MR) is 62.6 cm³/mol. The first kappa shape index (κ1) is 14.0. The third kappa shape index (κ3) is 4.34. The Kier molecular flexibility index (Phi) is 5.41. The second-order valence-corrected chi connectivity index (χ2v) is 4.62. The fourth-order valence-electron chi connectivity index (χ4n) is 2.01. The van der Waals surface area contributed by atoms with E-state index in [2.05, 4.69) is 5.32 Å². The Morgan fingerprint density at radius 2 is 2.24 bits per heavy atom. The van der Waals surface area contributed by atoms with Gasteiger partial charge in [-0.05, 0) is 12.8 Å². The van der Waals surface area contributed by atoms with Gasteiger partial charge in [0, 0.05) is 25.0 Å². The highest BCUT2D eigenvalue weighted by Gasteiger charge is 2.29. The summed E-state index contributed by atoms with van der Waals surface area (Å²) < 4.78 is 5.11. The summed E-state index contributed by atoms with van der Waals surface area (Å²) in [6, 6.07) is -0.0725. The maximum Gasteiger partial charge on any atom is 0.332 e. The lowest BCUT2D eigenvalue weighted by molar-refractivity contribution is -0.154. The number of carbonyl (C=O) groups is 2. The summed E-state index contributed by atoms with van der Waals surface area (Å²) in [5.41, 5.74) is 0. The van der Waals surface area contributed by atoms with Crippen LogP contribution < -0.4 is 5.32 Å². The maximum atomic E-state index is 11.8. The number of carboxylic acids is 1. The number of amides is 1. The van der Waals surface area contributed by atoms with Crippen LogP contribution in [0.4, 0.5) is 0 Å². The van der Waals surface area contributed by atoms with E-state index in [1.807, 2.05) is 13.8 Å². The van der Waals surface area contributed by atoms with Crippen molar-refractivity contribution in [3.05, 3.63) is 0 Å². The highest BCUT2D eigenvalue weighted by atomic mass is 16.5. The smallest absolute Gasteiger partial charge is 0.332 e. The molecule has 0 bridgehead atoms. The Balaban J connectivity index is 2.40. The molecule has 0 saturated carbocycles. The van der Waals surface area contributed by atoms with Crippen LogP contribution in [0.2, 0.25) is 0 Å². The molecule has 1 fully saturated rings. The van der Waals surface area contributed by atoms with Crippen LogP contribution in [0.25, 0.3) is 0 Å². The zero-order chi connectivity index (χ0) is 12.8. The quantitative estimate of drug-likeness (QED) is 0.760. The summed E-state index contributed by atoms with van der Waals surface area (Å²) >= 11 is 0. The molecule has 5 nitrogen and oxygen atoms in total. The summed E-state index contributed by atoms with van der Waals surface area (Å²) in [7, 11) is 0. The molecule has 3 atom stereocenters. The molecule has 1 amide bonds. The minimum atomic E-state index is -0.953. The Hall–Kier alpha value is -1.10. The van der Waals surface area contributed by atoms with E-state index in [4.69, 9.17) is 9.84 Å². The van der Waals surface area contributed by atoms with Gasteiger partial charge in [-0.1, -0.05) is 20.3 Å². The van der Waals surface area contributed by atoms with Gasteiger partial charge in [0.2, 0.25) is 5.91 Å². The predicted octanol–water partition coefficient (Wildman–Crippen LogP) is 1.17. The number of ether oxygens (including phenoxy) is 1. The molecule has 1 saturated heterocycles. The molecule has 0 radical (unpaired) electrons. The van der Waals surface area contributed by atoms with Crippen molar-refractivity contribution in [1.29, 1.82) is 0 Å². The van der Waals surface area contributed by atoms with Gasteiger partial charge >= 0.3 is 5.97 Å². The van der Waals surface area contributed by atoms with Crippen LogP contribution in [0.5, 0.6) is 0 Å². The van der Waals surface area contributed by atoms with E-state index in [1.165, 1.54) is 0 Å². The van der Waals surface area contributed by atoms with Crippen molar-refractivity contribution >= 4 is 11.9 Å². The van der Waals surface area contributed by atoms with Crippen LogP contribution in [0.15, 0.2) is 0 Å². The first-order chi connectivity index (χ1) is 8.04. The molecule has 0 aromatic carbocycles. The standard InChI is InChI=1S/C12H21NO4/c1-3-4-8(2)11(14)13-9-5-6-17-10(7-9)12(15)16/h8-10H,3-7H2,1-2H3,(H,13,14)(H,15,16). The summed E-state index contributed by atoms with van der Waals surface area (Å²) in [6.45, 7) is 4.33. The zero-order valence-corrected chi connectivity index (χ0v) is 10.4. The molecule has 1 aliphatic rings. The molecular formula is C12H21NO4. The molecule has 17 heavy (non-hydrogen) atoms. The molecule has 1 aliphatic heterocycles. The van der Waals surface area contributed by atoms with E-state index < -0.39 is 12.1 Å². The minimum Gasteiger partial charge on any atom is -0.479 e. The molecule has 0 spiro atoms. The largest absolute Gasteiger partial charge is 0.479 e. The minimum absolute atomic E-state index is 0.00822. The zero-order valence-electron chi connectivity index (χ0n) is 10.4. The van der Waals surface area contributed by atoms with E-state index in [0.29, 0.717) is 19.4 Å². The number of carboxylic acid groups (broad SMARTS) is 1. The van der Waals surface area contributed by atoms with Gasteiger partial charge in [0.1, 0.15) is 0 Å². The Bertz CT molecular complexity index is 280. The maximum absolute atomic E-state index is 11.8. The normalized spacial score (nSPS) is 26.2. The second kappa shape index (κ2) is 6.59. The van der Waals surface area contributed by atoms with Gasteiger partial charge in [0.15, 0.2) is 6.10 Å². The average Bonchev–Trinajstić information content (AvgIpc) is 2.29. The summed E-state index contributed by atoms with van der Waals surface area (Å²) in [5, 5.41) is 11.8. The van der Waals surface area contributed by atoms with Crippen molar-refractivity contribution in [2.24, 2.45) is 5.92 Å². The number of carbonyl (C=O) groups excluding carboxylic acids is 1. The van der Waals surface area contributed by atoms with E-state index >= 15 is 0 Å². The molecule has 98 valence electrons. The summed E-state index contributed by atoms with van der Waals surface area (Å²) in [6.07, 6.45) is 2.10. The van der Waals surface area contributed by atoms with Crippen molar-refractivity contribution < 1.29 is 19.4 Å². The molecule has 5 heteroatoms. The van der Waals surface area contributed by atoms with Crippen molar-refractivity contribution in [3.63, 3.8) is 0 Å². The van der Waals surface area contributed by atoms with Crippen LogP contribution in [0.3, 0.4) is 0 Å². The third-order valence-corrected chi connectivity index (χ3v) is 3.08. The van der Waals surface area contributed by atoms with Gasteiger partial charge in [-0.3, -0.25) is 4.79 Å². The Labute approximate surface area is 102 Å². The molecule has 3 unspecified atom stereocenters. The number of nitrogens with one attached hydrogen (secondary N) is 1. The highest BCUT2D eigenvalue weighted by molar-refractivity contribution is 5.78. The lowest BCUT2D eigenvalue weighted by Gasteiger charge is -2.28. The van der Waals surface area contributed by atoms with Gasteiger partial charge in [-0.15, -0.1) is 0 Å². The first-order valence-corrected chi connectivity index (χ1v) is 6.19. The monoisotopic (exact) mass is 243 g/mol. The van der Waals surface area contributed by atoms with Crippen molar-refractivity contribution in [2.45, 2.75) is 51.7 Å². The fraction of sp³-hybridized carbons (Fsp3) is 0.833.